The highest BCUT2D eigenvalue weighted by atomic mass is 32.1. The molecule has 2 rings (SSSR count). The number of pyridine rings is 1. The first-order chi connectivity index (χ1) is 8.70. The maximum atomic E-state index is 10.9. The van der Waals surface area contributed by atoms with Gasteiger partial charge >= 0.3 is 5.69 Å². The van der Waals surface area contributed by atoms with E-state index in [1.807, 2.05) is 5.38 Å². The van der Waals surface area contributed by atoms with Crippen LogP contribution in [0, 0.1) is 10.1 Å². The number of nitrogens with one attached hydrogen (secondary N) is 2. The fraction of sp³-hybridized carbons (Fsp3) is 0.200. The molecule has 18 heavy (non-hydrogen) atoms. The van der Waals surface area contributed by atoms with Gasteiger partial charge in [-0.1, -0.05) is 0 Å². The van der Waals surface area contributed by atoms with Gasteiger partial charge in [0.25, 0.3) is 0 Å². The molecule has 0 aliphatic carbocycles. The molecule has 7 nitrogen and oxygen atoms in total. The Morgan fingerprint density at radius 3 is 2.94 bits per heavy atom. The summed E-state index contributed by atoms with van der Waals surface area (Å²) < 4.78 is 0. The van der Waals surface area contributed by atoms with E-state index in [1.165, 1.54) is 17.4 Å². The van der Waals surface area contributed by atoms with E-state index in [4.69, 9.17) is 0 Å². The lowest BCUT2D eigenvalue weighted by Gasteiger charge is -2.06. The molecule has 0 aromatic carbocycles. The fourth-order valence-corrected chi connectivity index (χ4v) is 1.92. The van der Waals surface area contributed by atoms with E-state index in [9.17, 15) is 10.1 Å². The predicted molar refractivity (Wildman–Crippen MR) is 69.9 cm³/mol. The van der Waals surface area contributed by atoms with Crippen LogP contribution in [0.15, 0.2) is 23.7 Å². The van der Waals surface area contributed by atoms with Crippen molar-refractivity contribution in [2.45, 2.75) is 6.54 Å². The third kappa shape index (κ3) is 2.72. The number of nitro groups is 1. The largest absolute Gasteiger partial charge is 0.373 e. The number of rotatable bonds is 5. The molecule has 0 aliphatic heterocycles. The monoisotopic (exact) mass is 265 g/mol. The van der Waals surface area contributed by atoms with Crippen LogP contribution < -0.4 is 10.6 Å². The summed E-state index contributed by atoms with van der Waals surface area (Å²) in [6, 6.07) is 2.98. The SMILES string of the molecule is CNc1ccc([N+](=O)[O-])c(NCc2nccs2)n1. The normalized spacial score (nSPS) is 10.1. The Kier molecular flexibility index (Phi) is 3.68. The summed E-state index contributed by atoms with van der Waals surface area (Å²) in [4.78, 5) is 18.6. The lowest BCUT2D eigenvalue weighted by atomic mass is 10.3. The highest BCUT2D eigenvalue weighted by Crippen LogP contribution is 2.24. The van der Waals surface area contributed by atoms with Gasteiger partial charge in [0.2, 0.25) is 5.82 Å². The number of aromatic nitrogens is 2. The van der Waals surface area contributed by atoms with Crippen molar-refractivity contribution >= 4 is 28.7 Å². The van der Waals surface area contributed by atoms with Crippen molar-refractivity contribution in [2.24, 2.45) is 0 Å². The van der Waals surface area contributed by atoms with Gasteiger partial charge in [-0.3, -0.25) is 10.1 Å². The summed E-state index contributed by atoms with van der Waals surface area (Å²) in [5.74, 6) is 0.810. The zero-order chi connectivity index (χ0) is 13.0. The van der Waals surface area contributed by atoms with E-state index in [0.29, 0.717) is 12.4 Å². The van der Waals surface area contributed by atoms with Crippen molar-refractivity contribution in [3.63, 3.8) is 0 Å². The molecule has 0 amide bonds. The van der Waals surface area contributed by atoms with E-state index in [2.05, 4.69) is 20.6 Å². The Balaban J connectivity index is 2.20. The van der Waals surface area contributed by atoms with Gasteiger partial charge in [0.15, 0.2) is 0 Å². The third-order valence-corrected chi connectivity index (χ3v) is 3.00. The van der Waals surface area contributed by atoms with Crippen LogP contribution in [0.4, 0.5) is 17.3 Å². The molecule has 94 valence electrons. The van der Waals surface area contributed by atoms with Gasteiger partial charge in [-0.15, -0.1) is 11.3 Å². The Morgan fingerprint density at radius 1 is 1.50 bits per heavy atom. The Morgan fingerprint density at radius 2 is 2.33 bits per heavy atom. The van der Waals surface area contributed by atoms with E-state index in [0.717, 1.165) is 5.01 Å². The van der Waals surface area contributed by atoms with E-state index in [-0.39, 0.29) is 11.5 Å². The van der Waals surface area contributed by atoms with Gasteiger partial charge < -0.3 is 10.6 Å². The van der Waals surface area contributed by atoms with Crippen molar-refractivity contribution in [3.8, 4) is 0 Å². The second-order valence-corrected chi connectivity index (χ2v) is 4.33. The lowest BCUT2D eigenvalue weighted by molar-refractivity contribution is -0.384. The van der Waals surface area contributed by atoms with Crippen LogP contribution in [0.25, 0.3) is 0 Å². The molecule has 2 N–H and O–H groups in total. The molecule has 0 saturated carbocycles. The maximum absolute atomic E-state index is 10.9. The highest BCUT2D eigenvalue weighted by molar-refractivity contribution is 7.09. The maximum Gasteiger partial charge on any atom is 0.311 e. The topological polar surface area (TPSA) is 93.0 Å². The molecule has 8 heteroatoms. The molecule has 0 aliphatic rings. The zero-order valence-electron chi connectivity index (χ0n) is 9.58. The van der Waals surface area contributed by atoms with Crippen molar-refractivity contribution < 1.29 is 4.92 Å². The summed E-state index contributed by atoms with van der Waals surface area (Å²) in [5.41, 5.74) is -0.0504. The quantitative estimate of drug-likeness (QED) is 0.635. The van der Waals surface area contributed by atoms with Crippen LogP contribution in [-0.4, -0.2) is 21.9 Å². The van der Waals surface area contributed by atoms with Gasteiger partial charge in [-0.25, -0.2) is 9.97 Å². The molecule has 2 heterocycles. The average Bonchev–Trinajstić information content (AvgIpc) is 2.88. The van der Waals surface area contributed by atoms with Crippen LogP contribution in [0.3, 0.4) is 0 Å². The van der Waals surface area contributed by atoms with Gasteiger partial charge in [-0.2, -0.15) is 0 Å². The molecule has 0 fully saturated rings. The first-order valence-electron chi connectivity index (χ1n) is 5.16. The van der Waals surface area contributed by atoms with Gasteiger partial charge in [0.1, 0.15) is 10.8 Å². The zero-order valence-corrected chi connectivity index (χ0v) is 10.4. The van der Waals surface area contributed by atoms with E-state index >= 15 is 0 Å². The number of thiazole rings is 1. The van der Waals surface area contributed by atoms with Gasteiger partial charge in [0.05, 0.1) is 11.5 Å². The number of nitrogens with zero attached hydrogens (tertiary/aromatic N) is 3. The summed E-state index contributed by atoms with van der Waals surface area (Å²) in [7, 11) is 1.71. The summed E-state index contributed by atoms with van der Waals surface area (Å²) >= 11 is 1.48. The van der Waals surface area contributed by atoms with Crippen LogP contribution >= 0.6 is 11.3 Å². The second-order valence-electron chi connectivity index (χ2n) is 3.35. The Labute approximate surface area is 107 Å². The van der Waals surface area contributed by atoms with Crippen LogP contribution in [0.5, 0.6) is 0 Å². The van der Waals surface area contributed by atoms with Crippen LogP contribution in [0.1, 0.15) is 5.01 Å². The first kappa shape index (κ1) is 12.2. The van der Waals surface area contributed by atoms with Gasteiger partial charge in [-0.05, 0) is 6.07 Å². The minimum absolute atomic E-state index is 0.0504. The second kappa shape index (κ2) is 5.41. The molecule has 0 unspecified atom stereocenters. The molecule has 0 radical (unpaired) electrons. The first-order valence-corrected chi connectivity index (χ1v) is 6.04. The van der Waals surface area contributed by atoms with Crippen molar-refractivity contribution in [1.29, 1.82) is 0 Å². The number of hydrogen-bond donors (Lipinski definition) is 2. The Hall–Kier alpha value is -2.22. The lowest BCUT2D eigenvalue weighted by Crippen LogP contribution is -2.06. The van der Waals surface area contributed by atoms with Crippen molar-refractivity contribution in [1.82, 2.24) is 9.97 Å². The minimum Gasteiger partial charge on any atom is -0.373 e. The average molecular weight is 265 g/mol. The van der Waals surface area contributed by atoms with E-state index < -0.39 is 4.92 Å². The number of hydrogen-bond acceptors (Lipinski definition) is 7. The Bertz CT molecular complexity index is 543. The van der Waals surface area contributed by atoms with Gasteiger partial charge in [0, 0.05) is 24.7 Å². The number of anilines is 2. The summed E-state index contributed by atoms with van der Waals surface area (Å²) in [6.07, 6.45) is 1.69. The molecule has 0 saturated heterocycles. The molecule has 0 spiro atoms. The fourth-order valence-electron chi connectivity index (χ4n) is 1.37. The standard InChI is InChI=1S/C10H11N5O2S/c1-11-8-3-2-7(15(16)17)10(14-8)13-6-9-12-4-5-18-9/h2-5H,6H2,1H3,(H2,11,13,14). The van der Waals surface area contributed by atoms with Crippen LogP contribution in [0.2, 0.25) is 0 Å². The van der Waals surface area contributed by atoms with Crippen molar-refractivity contribution in [2.75, 3.05) is 17.7 Å². The smallest absolute Gasteiger partial charge is 0.311 e. The molecular weight excluding hydrogens is 254 g/mol. The predicted octanol–water partition coefficient (Wildman–Crippen LogP) is 2.10. The van der Waals surface area contributed by atoms with E-state index in [1.54, 1.807) is 19.3 Å². The molecule has 2 aromatic heterocycles. The molecule has 2 aromatic rings. The summed E-state index contributed by atoms with van der Waals surface area (Å²) in [6.45, 7) is 0.415. The minimum atomic E-state index is -0.462. The van der Waals surface area contributed by atoms with Crippen LogP contribution in [-0.2, 0) is 6.54 Å². The van der Waals surface area contributed by atoms with Crippen molar-refractivity contribution in [3.05, 3.63) is 38.8 Å². The molecule has 0 bridgehead atoms. The summed E-state index contributed by atoms with van der Waals surface area (Å²) in [5, 5.41) is 19.3. The third-order valence-electron chi connectivity index (χ3n) is 2.22. The highest BCUT2D eigenvalue weighted by Gasteiger charge is 2.15. The molecule has 0 atom stereocenters. The molecular formula is C10H11N5O2S.